The summed E-state index contributed by atoms with van der Waals surface area (Å²) < 4.78 is 0. The maximum atomic E-state index is 3.84. The molecular formula is C18H28N2. The van der Waals surface area contributed by atoms with Crippen molar-refractivity contribution in [2.24, 2.45) is 0 Å². The number of rotatable bonds is 3. The third kappa shape index (κ3) is 3.24. The first-order valence-electron chi connectivity index (χ1n) is 8.28. The van der Waals surface area contributed by atoms with E-state index < -0.39 is 0 Å². The minimum Gasteiger partial charge on any atom is -0.307 e. The number of aryl methyl sites for hydroxylation is 2. The summed E-state index contributed by atoms with van der Waals surface area (Å²) in [6.45, 7) is 4.78. The lowest BCUT2D eigenvalue weighted by atomic mass is 9.89. The molecule has 1 aromatic rings. The van der Waals surface area contributed by atoms with Crippen LogP contribution in [-0.2, 0) is 12.8 Å². The van der Waals surface area contributed by atoms with Crippen LogP contribution in [0.15, 0.2) is 18.2 Å². The normalized spacial score (nSPS) is 22.5. The number of likely N-dealkylation sites (tertiary alicyclic amines) is 1. The predicted molar refractivity (Wildman–Crippen MR) is 85.2 cm³/mol. The Hall–Kier alpha value is -0.860. The molecule has 1 aliphatic carbocycles. The highest BCUT2D eigenvalue weighted by atomic mass is 15.1. The molecule has 1 N–H and O–H groups in total. The molecule has 1 unspecified atom stereocenters. The van der Waals surface area contributed by atoms with Crippen molar-refractivity contribution in [2.75, 3.05) is 20.1 Å². The number of piperidine rings is 1. The van der Waals surface area contributed by atoms with Crippen LogP contribution in [0.3, 0.4) is 0 Å². The number of fused-ring (bicyclic) bond motifs is 1. The minimum atomic E-state index is 0.482. The van der Waals surface area contributed by atoms with Gasteiger partial charge in [-0.1, -0.05) is 18.2 Å². The summed E-state index contributed by atoms with van der Waals surface area (Å²) in [4.78, 5) is 2.43. The fourth-order valence-corrected chi connectivity index (χ4v) is 3.65. The van der Waals surface area contributed by atoms with E-state index >= 15 is 0 Å². The molecule has 20 heavy (non-hydrogen) atoms. The van der Waals surface area contributed by atoms with Gasteiger partial charge in [-0.3, -0.25) is 0 Å². The zero-order valence-corrected chi connectivity index (χ0v) is 13.0. The SMILES string of the molecule is CC(NC1CCN(C)CC1)c1ccc2c(c1)CCCC2. The van der Waals surface area contributed by atoms with Crippen molar-refractivity contribution in [2.45, 2.75) is 57.5 Å². The summed E-state index contributed by atoms with van der Waals surface area (Å²) in [7, 11) is 2.23. The fraction of sp³-hybridized carbons (Fsp3) is 0.667. The molecule has 0 bridgehead atoms. The van der Waals surface area contributed by atoms with Gasteiger partial charge in [0.1, 0.15) is 0 Å². The number of nitrogens with one attached hydrogen (secondary N) is 1. The molecule has 0 radical (unpaired) electrons. The fourth-order valence-electron chi connectivity index (χ4n) is 3.65. The van der Waals surface area contributed by atoms with Crippen LogP contribution in [0.1, 0.15) is 55.3 Å². The molecule has 0 amide bonds. The summed E-state index contributed by atoms with van der Waals surface area (Å²) in [6, 6.07) is 8.35. The lowest BCUT2D eigenvalue weighted by Crippen LogP contribution is -2.41. The van der Waals surface area contributed by atoms with Crippen LogP contribution in [-0.4, -0.2) is 31.1 Å². The quantitative estimate of drug-likeness (QED) is 0.908. The maximum absolute atomic E-state index is 3.84. The smallest absolute Gasteiger partial charge is 0.0294 e. The summed E-state index contributed by atoms with van der Waals surface area (Å²) in [5.41, 5.74) is 4.67. The maximum Gasteiger partial charge on any atom is 0.0294 e. The molecule has 2 heteroatoms. The number of hydrogen-bond donors (Lipinski definition) is 1. The first-order valence-corrected chi connectivity index (χ1v) is 8.28. The van der Waals surface area contributed by atoms with Crippen LogP contribution >= 0.6 is 0 Å². The monoisotopic (exact) mass is 272 g/mol. The molecule has 2 nitrogen and oxygen atoms in total. The van der Waals surface area contributed by atoms with Crippen molar-refractivity contribution in [3.8, 4) is 0 Å². The van der Waals surface area contributed by atoms with Crippen LogP contribution in [0.2, 0.25) is 0 Å². The lowest BCUT2D eigenvalue weighted by Gasteiger charge is -2.32. The second-order valence-corrected chi connectivity index (χ2v) is 6.70. The van der Waals surface area contributed by atoms with Crippen molar-refractivity contribution in [1.82, 2.24) is 10.2 Å². The molecule has 2 aliphatic rings. The van der Waals surface area contributed by atoms with Crippen molar-refractivity contribution in [3.05, 3.63) is 34.9 Å². The largest absolute Gasteiger partial charge is 0.307 e. The molecule has 1 aromatic carbocycles. The summed E-state index contributed by atoms with van der Waals surface area (Å²) in [5, 5.41) is 3.84. The summed E-state index contributed by atoms with van der Waals surface area (Å²) in [6.07, 6.45) is 7.87. The molecule has 1 fully saturated rings. The van der Waals surface area contributed by atoms with Crippen LogP contribution in [0.5, 0.6) is 0 Å². The van der Waals surface area contributed by atoms with Crippen molar-refractivity contribution in [1.29, 1.82) is 0 Å². The Kier molecular flexibility index (Phi) is 4.42. The average molecular weight is 272 g/mol. The molecule has 0 spiro atoms. The molecule has 110 valence electrons. The standard InChI is InChI=1S/C18H28N2/c1-14(19-18-9-11-20(2)12-10-18)16-8-7-15-5-3-4-6-17(15)13-16/h7-8,13-14,18-19H,3-6,9-12H2,1-2H3. The predicted octanol–water partition coefficient (Wildman–Crippen LogP) is 3.31. The number of benzene rings is 1. The topological polar surface area (TPSA) is 15.3 Å². The second-order valence-electron chi connectivity index (χ2n) is 6.70. The van der Waals surface area contributed by atoms with E-state index in [9.17, 15) is 0 Å². The number of hydrogen-bond acceptors (Lipinski definition) is 2. The van der Waals surface area contributed by atoms with Gasteiger partial charge in [-0.15, -0.1) is 0 Å². The molecule has 0 aromatic heterocycles. The van der Waals surface area contributed by atoms with E-state index in [0.29, 0.717) is 12.1 Å². The van der Waals surface area contributed by atoms with Gasteiger partial charge in [0.25, 0.3) is 0 Å². The van der Waals surface area contributed by atoms with Crippen molar-refractivity contribution >= 4 is 0 Å². The van der Waals surface area contributed by atoms with Crippen LogP contribution < -0.4 is 5.32 Å². The van der Waals surface area contributed by atoms with E-state index in [-0.39, 0.29) is 0 Å². The van der Waals surface area contributed by atoms with Gasteiger partial charge in [0.05, 0.1) is 0 Å². The van der Waals surface area contributed by atoms with Crippen LogP contribution in [0, 0.1) is 0 Å². The molecular weight excluding hydrogens is 244 g/mol. The zero-order chi connectivity index (χ0) is 13.9. The highest BCUT2D eigenvalue weighted by Crippen LogP contribution is 2.25. The molecule has 0 saturated carbocycles. The Morgan fingerprint density at radius 1 is 1.10 bits per heavy atom. The van der Waals surface area contributed by atoms with E-state index in [4.69, 9.17) is 0 Å². The molecule has 1 heterocycles. The lowest BCUT2D eigenvalue weighted by molar-refractivity contribution is 0.226. The minimum absolute atomic E-state index is 0.482. The van der Waals surface area contributed by atoms with Gasteiger partial charge in [-0.2, -0.15) is 0 Å². The van der Waals surface area contributed by atoms with Gasteiger partial charge < -0.3 is 10.2 Å². The third-order valence-electron chi connectivity index (χ3n) is 5.08. The van der Waals surface area contributed by atoms with E-state index in [0.717, 1.165) is 0 Å². The Bertz CT molecular complexity index is 447. The molecule has 3 rings (SSSR count). The van der Waals surface area contributed by atoms with E-state index in [1.54, 1.807) is 11.1 Å². The first kappa shape index (κ1) is 14.1. The van der Waals surface area contributed by atoms with Gasteiger partial charge in [0.2, 0.25) is 0 Å². The molecule has 1 aliphatic heterocycles. The molecule has 1 saturated heterocycles. The van der Waals surface area contributed by atoms with E-state index in [2.05, 4.69) is 42.4 Å². The average Bonchev–Trinajstić information content (AvgIpc) is 2.49. The third-order valence-corrected chi connectivity index (χ3v) is 5.08. The van der Waals surface area contributed by atoms with Gasteiger partial charge >= 0.3 is 0 Å². The Balaban J connectivity index is 1.63. The van der Waals surface area contributed by atoms with Gasteiger partial charge in [-0.05, 0) is 82.3 Å². The van der Waals surface area contributed by atoms with E-state index in [1.807, 2.05) is 0 Å². The Labute approximate surface area is 123 Å². The van der Waals surface area contributed by atoms with E-state index in [1.165, 1.54) is 57.2 Å². The number of nitrogens with zero attached hydrogens (tertiary/aromatic N) is 1. The zero-order valence-electron chi connectivity index (χ0n) is 13.0. The highest BCUT2D eigenvalue weighted by Gasteiger charge is 2.19. The Morgan fingerprint density at radius 3 is 2.55 bits per heavy atom. The van der Waals surface area contributed by atoms with Gasteiger partial charge in [-0.25, -0.2) is 0 Å². The molecule has 1 atom stereocenters. The second kappa shape index (κ2) is 6.28. The summed E-state index contributed by atoms with van der Waals surface area (Å²) in [5.74, 6) is 0. The van der Waals surface area contributed by atoms with Gasteiger partial charge in [0, 0.05) is 12.1 Å². The van der Waals surface area contributed by atoms with Crippen molar-refractivity contribution < 1.29 is 0 Å². The van der Waals surface area contributed by atoms with Gasteiger partial charge in [0.15, 0.2) is 0 Å². The van der Waals surface area contributed by atoms with Crippen LogP contribution in [0.25, 0.3) is 0 Å². The summed E-state index contributed by atoms with van der Waals surface area (Å²) >= 11 is 0. The first-order chi connectivity index (χ1) is 9.72. The Morgan fingerprint density at radius 2 is 1.80 bits per heavy atom. The van der Waals surface area contributed by atoms with Crippen LogP contribution in [0.4, 0.5) is 0 Å². The van der Waals surface area contributed by atoms with Crippen molar-refractivity contribution in [3.63, 3.8) is 0 Å². The highest BCUT2D eigenvalue weighted by molar-refractivity contribution is 5.35.